The highest BCUT2D eigenvalue weighted by Gasteiger charge is 2.12. The highest BCUT2D eigenvalue weighted by atomic mass is 35.5. The lowest BCUT2D eigenvalue weighted by Crippen LogP contribution is -2.23. The molecule has 0 N–H and O–H groups in total. The van der Waals surface area contributed by atoms with Crippen LogP contribution in [0, 0.1) is 0 Å². The Morgan fingerprint density at radius 1 is 1.16 bits per heavy atom. The van der Waals surface area contributed by atoms with Crippen LogP contribution in [0.3, 0.4) is 0 Å². The quantitative estimate of drug-likeness (QED) is 0.741. The fraction of sp³-hybridized carbons (Fsp3) is 0.429. The van der Waals surface area contributed by atoms with Gasteiger partial charge < -0.3 is 14.0 Å². The molecule has 0 saturated carbocycles. The van der Waals surface area contributed by atoms with Gasteiger partial charge in [-0.05, 0) is 32.0 Å². The van der Waals surface area contributed by atoms with Crippen molar-refractivity contribution in [2.24, 2.45) is 0 Å². The van der Waals surface area contributed by atoms with Gasteiger partial charge in [-0.2, -0.15) is 0 Å². The van der Waals surface area contributed by atoms with E-state index in [0.29, 0.717) is 29.8 Å². The zero-order valence-corrected chi connectivity index (χ0v) is 12.5. The Hall–Kier alpha value is -0.740. The molecule has 0 aliphatic heterocycles. The van der Waals surface area contributed by atoms with Gasteiger partial charge in [-0.1, -0.05) is 23.2 Å². The van der Waals surface area contributed by atoms with Crippen LogP contribution in [0.5, 0.6) is 0 Å². The molecule has 1 heterocycles. The van der Waals surface area contributed by atoms with E-state index in [1.54, 1.807) is 6.07 Å². The van der Waals surface area contributed by atoms with Crippen LogP contribution in [0.15, 0.2) is 24.4 Å². The fourth-order valence-electron chi connectivity index (χ4n) is 2.06. The summed E-state index contributed by atoms with van der Waals surface area (Å²) in [5.41, 5.74) is 0.988. The van der Waals surface area contributed by atoms with Crippen LogP contribution in [-0.4, -0.2) is 24.1 Å². The van der Waals surface area contributed by atoms with E-state index in [-0.39, 0.29) is 6.29 Å². The van der Waals surface area contributed by atoms with Crippen molar-refractivity contribution >= 4 is 34.1 Å². The third-order valence-corrected chi connectivity index (χ3v) is 3.38. The maximum absolute atomic E-state index is 6.17. The second-order valence-electron chi connectivity index (χ2n) is 4.13. The van der Waals surface area contributed by atoms with Crippen molar-refractivity contribution in [2.45, 2.75) is 26.7 Å². The molecule has 0 spiro atoms. The number of rotatable bonds is 6. The first-order chi connectivity index (χ1) is 9.15. The van der Waals surface area contributed by atoms with E-state index in [9.17, 15) is 0 Å². The van der Waals surface area contributed by atoms with Crippen molar-refractivity contribution in [2.75, 3.05) is 13.2 Å². The summed E-state index contributed by atoms with van der Waals surface area (Å²) in [7, 11) is 0. The minimum absolute atomic E-state index is 0.261. The Balaban J connectivity index is 2.29. The maximum Gasteiger partial charge on any atom is 0.175 e. The van der Waals surface area contributed by atoms with Gasteiger partial charge in [-0.25, -0.2) is 0 Å². The molecular formula is C14H17Cl2NO2. The van der Waals surface area contributed by atoms with Crippen molar-refractivity contribution in [1.82, 2.24) is 4.57 Å². The zero-order valence-electron chi connectivity index (χ0n) is 11.0. The molecule has 0 unspecified atom stereocenters. The van der Waals surface area contributed by atoms with E-state index in [0.717, 1.165) is 10.9 Å². The summed E-state index contributed by atoms with van der Waals surface area (Å²) >= 11 is 12.2. The molecule has 0 aliphatic carbocycles. The second kappa shape index (κ2) is 6.62. The number of fused-ring (bicyclic) bond motifs is 1. The van der Waals surface area contributed by atoms with Gasteiger partial charge in [-0.3, -0.25) is 0 Å². The molecule has 1 aromatic carbocycles. The molecule has 2 aromatic rings. The fourth-order valence-corrected chi connectivity index (χ4v) is 2.61. The largest absolute Gasteiger partial charge is 0.351 e. The number of ether oxygens (including phenoxy) is 2. The summed E-state index contributed by atoms with van der Waals surface area (Å²) in [6.07, 6.45) is 1.71. The minimum atomic E-state index is -0.261. The van der Waals surface area contributed by atoms with E-state index >= 15 is 0 Å². The van der Waals surface area contributed by atoms with Gasteiger partial charge >= 0.3 is 0 Å². The Kier molecular flexibility index (Phi) is 5.11. The van der Waals surface area contributed by atoms with E-state index in [1.165, 1.54) is 0 Å². The molecule has 0 atom stereocenters. The minimum Gasteiger partial charge on any atom is -0.351 e. The average molecular weight is 302 g/mol. The normalized spacial score (nSPS) is 11.6. The van der Waals surface area contributed by atoms with Gasteiger partial charge in [0.1, 0.15) is 0 Å². The van der Waals surface area contributed by atoms with Crippen LogP contribution in [0.2, 0.25) is 10.0 Å². The molecule has 0 amide bonds. The highest BCUT2D eigenvalue weighted by molar-refractivity contribution is 6.38. The van der Waals surface area contributed by atoms with Crippen LogP contribution >= 0.6 is 23.2 Å². The molecular weight excluding hydrogens is 285 g/mol. The summed E-state index contributed by atoms with van der Waals surface area (Å²) in [5, 5.41) is 2.27. The van der Waals surface area contributed by atoms with Gasteiger partial charge in [0.05, 0.1) is 17.1 Å². The van der Waals surface area contributed by atoms with Gasteiger partial charge in [0.15, 0.2) is 6.29 Å². The van der Waals surface area contributed by atoms with Gasteiger partial charge in [0.2, 0.25) is 0 Å². The maximum atomic E-state index is 6.17. The van der Waals surface area contributed by atoms with Gasteiger partial charge in [-0.15, -0.1) is 0 Å². The Bertz CT molecular complexity index is 548. The molecule has 5 heteroatoms. The molecule has 2 rings (SSSR count). The van der Waals surface area contributed by atoms with Crippen LogP contribution in [0.4, 0.5) is 0 Å². The summed E-state index contributed by atoms with van der Waals surface area (Å²) in [6.45, 7) is 5.75. The number of benzene rings is 1. The summed E-state index contributed by atoms with van der Waals surface area (Å²) in [5.74, 6) is 0. The van der Waals surface area contributed by atoms with E-state index in [2.05, 4.69) is 0 Å². The molecule has 0 saturated heterocycles. The van der Waals surface area contributed by atoms with Gasteiger partial charge in [0, 0.05) is 29.8 Å². The number of hydrogen-bond donors (Lipinski definition) is 0. The van der Waals surface area contributed by atoms with Crippen molar-refractivity contribution in [3.63, 3.8) is 0 Å². The third kappa shape index (κ3) is 3.42. The average Bonchev–Trinajstić information content (AvgIpc) is 2.73. The second-order valence-corrected chi connectivity index (χ2v) is 4.97. The summed E-state index contributed by atoms with van der Waals surface area (Å²) in [4.78, 5) is 0. The molecule has 0 bridgehead atoms. The van der Waals surface area contributed by atoms with Crippen LogP contribution < -0.4 is 0 Å². The molecule has 0 aliphatic rings. The molecule has 104 valence electrons. The molecule has 0 fully saturated rings. The van der Waals surface area contributed by atoms with Crippen molar-refractivity contribution in [1.29, 1.82) is 0 Å². The first-order valence-electron chi connectivity index (χ1n) is 6.32. The van der Waals surface area contributed by atoms with Crippen LogP contribution in [-0.2, 0) is 16.0 Å². The zero-order chi connectivity index (χ0) is 13.8. The van der Waals surface area contributed by atoms with Gasteiger partial charge in [0.25, 0.3) is 0 Å². The van der Waals surface area contributed by atoms with E-state index < -0.39 is 0 Å². The standard InChI is InChI=1S/C14H17Cl2NO2/c1-3-18-14(19-4-2)9-17-6-5-11-12(16)7-10(15)8-13(11)17/h5-8,14H,3-4,9H2,1-2H3. The summed E-state index contributed by atoms with van der Waals surface area (Å²) in [6, 6.07) is 5.62. The lowest BCUT2D eigenvalue weighted by molar-refractivity contribution is -0.143. The van der Waals surface area contributed by atoms with Crippen molar-refractivity contribution < 1.29 is 9.47 Å². The SMILES string of the molecule is CCOC(Cn1ccc2c(Cl)cc(Cl)cc21)OCC. The summed E-state index contributed by atoms with van der Waals surface area (Å²) < 4.78 is 13.2. The topological polar surface area (TPSA) is 23.4 Å². The monoisotopic (exact) mass is 301 g/mol. The smallest absolute Gasteiger partial charge is 0.175 e. The highest BCUT2D eigenvalue weighted by Crippen LogP contribution is 2.29. The van der Waals surface area contributed by atoms with Crippen molar-refractivity contribution in [3.05, 3.63) is 34.4 Å². The Morgan fingerprint density at radius 3 is 2.47 bits per heavy atom. The number of hydrogen-bond acceptors (Lipinski definition) is 2. The Labute approximate surface area is 123 Å². The number of nitrogens with zero attached hydrogens (tertiary/aromatic N) is 1. The predicted molar refractivity (Wildman–Crippen MR) is 79.0 cm³/mol. The lowest BCUT2D eigenvalue weighted by Gasteiger charge is -2.18. The Morgan fingerprint density at radius 2 is 1.84 bits per heavy atom. The molecule has 1 aromatic heterocycles. The lowest BCUT2D eigenvalue weighted by atomic mass is 10.2. The van der Waals surface area contributed by atoms with Crippen LogP contribution in [0.25, 0.3) is 10.9 Å². The van der Waals surface area contributed by atoms with E-state index in [4.69, 9.17) is 32.7 Å². The molecule has 19 heavy (non-hydrogen) atoms. The predicted octanol–water partition coefficient (Wildman–Crippen LogP) is 4.35. The molecule has 0 radical (unpaired) electrons. The first-order valence-corrected chi connectivity index (χ1v) is 7.08. The van der Waals surface area contributed by atoms with Crippen LogP contribution in [0.1, 0.15) is 13.8 Å². The third-order valence-electron chi connectivity index (χ3n) is 2.85. The molecule has 3 nitrogen and oxygen atoms in total. The van der Waals surface area contributed by atoms with Crippen molar-refractivity contribution in [3.8, 4) is 0 Å². The number of aromatic nitrogens is 1. The first kappa shape index (κ1) is 14.7. The van der Waals surface area contributed by atoms with E-state index in [1.807, 2.05) is 36.7 Å². The number of halogens is 2.